The molecule has 0 atom stereocenters. The molecule has 1 aliphatic rings. The fraction of sp³-hybridized carbons (Fsp3) is 0.467. The van der Waals surface area contributed by atoms with Gasteiger partial charge in [0, 0.05) is 18.3 Å². The maximum Gasteiger partial charge on any atom is 0.273 e. The fourth-order valence-corrected chi connectivity index (χ4v) is 2.11. The second-order valence-corrected chi connectivity index (χ2v) is 5.21. The number of aromatic nitrogens is 1. The normalized spacial score (nSPS) is 17.2. The summed E-state index contributed by atoms with van der Waals surface area (Å²) in [6.45, 7) is 5.41. The first kappa shape index (κ1) is 14.5. The molecule has 0 aliphatic carbocycles. The van der Waals surface area contributed by atoms with E-state index < -0.39 is 0 Å². The van der Waals surface area contributed by atoms with Crippen molar-refractivity contribution >= 4 is 5.91 Å². The van der Waals surface area contributed by atoms with Crippen molar-refractivity contribution in [3.63, 3.8) is 0 Å². The first-order valence-corrected chi connectivity index (χ1v) is 6.50. The predicted molar refractivity (Wildman–Crippen MR) is 74.1 cm³/mol. The van der Waals surface area contributed by atoms with Crippen LogP contribution in [-0.4, -0.2) is 52.8 Å². The average molecular weight is 274 g/mol. The number of hydrogen-bond donors (Lipinski definition) is 1. The van der Waals surface area contributed by atoms with Crippen molar-refractivity contribution in [2.75, 3.05) is 26.4 Å². The van der Waals surface area contributed by atoms with E-state index in [2.05, 4.69) is 16.8 Å². The number of aliphatic hydroxyl groups is 1. The van der Waals surface area contributed by atoms with Gasteiger partial charge in [-0.15, -0.1) is 0 Å². The SMILES string of the molecule is CC1(C)COCCN1C(=O)c1ccc(C#CCO)cn1. The summed E-state index contributed by atoms with van der Waals surface area (Å²) in [5, 5.41) is 8.63. The van der Waals surface area contributed by atoms with Crippen molar-refractivity contribution < 1.29 is 14.6 Å². The molecule has 0 unspecified atom stereocenters. The summed E-state index contributed by atoms with van der Waals surface area (Å²) in [6.07, 6.45) is 1.54. The van der Waals surface area contributed by atoms with Crippen LogP contribution < -0.4 is 0 Å². The number of morpholine rings is 1. The van der Waals surface area contributed by atoms with Crippen molar-refractivity contribution in [2.24, 2.45) is 0 Å². The molecule has 0 aromatic carbocycles. The summed E-state index contributed by atoms with van der Waals surface area (Å²) in [5.74, 6) is 5.19. The van der Waals surface area contributed by atoms with E-state index in [9.17, 15) is 4.79 Å². The number of rotatable bonds is 1. The number of nitrogens with zero attached hydrogens (tertiary/aromatic N) is 2. The highest BCUT2D eigenvalue weighted by Crippen LogP contribution is 2.21. The van der Waals surface area contributed by atoms with Crippen molar-refractivity contribution in [2.45, 2.75) is 19.4 Å². The fourth-order valence-electron chi connectivity index (χ4n) is 2.11. The lowest BCUT2D eigenvalue weighted by molar-refractivity contribution is -0.0373. The van der Waals surface area contributed by atoms with E-state index in [-0.39, 0.29) is 18.1 Å². The van der Waals surface area contributed by atoms with Crippen LogP contribution in [0.1, 0.15) is 29.9 Å². The van der Waals surface area contributed by atoms with Crippen LogP contribution in [0.15, 0.2) is 18.3 Å². The van der Waals surface area contributed by atoms with Gasteiger partial charge in [-0.1, -0.05) is 11.8 Å². The number of ether oxygens (including phenoxy) is 1. The standard InChI is InChI=1S/C15H18N2O3/c1-15(2)11-20-9-7-17(15)14(19)13-6-5-12(10-16-13)4-3-8-18/h5-6,10,18H,7-9,11H2,1-2H3. The molecule has 2 heterocycles. The van der Waals surface area contributed by atoms with E-state index in [0.717, 1.165) is 0 Å². The Morgan fingerprint density at radius 1 is 1.55 bits per heavy atom. The monoisotopic (exact) mass is 274 g/mol. The van der Waals surface area contributed by atoms with Crippen molar-refractivity contribution in [3.8, 4) is 11.8 Å². The van der Waals surface area contributed by atoms with Crippen LogP contribution >= 0.6 is 0 Å². The summed E-state index contributed by atoms with van der Waals surface area (Å²) in [7, 11) is 0. The topological polar surface area (TPSA) is 62.7 Å². The highest BCUT2D eigenvalue weighted by Gasteiger charge is 2.34. The molecular weight excluding hydrogens is 256 g/mol. The van der Waals surface area contributed by atoms with E-state index in [1.807, 2.05) is 13.8 Å². The molecule has 20 heavy (non-hydrogen) atoms. The zero-order chi connectivity index (χ0) is 14.6. The Bertz CT molecular complexity index is 540. The lowest BCUT2D eigenvalue weighted by Crippen LogP contribution is -2.55. The van der Waals surface area contributed by atoms with E-state index in [0.29, 0.717) is 31.0 Å². The summed E-state index contributed by atoms with van der Waals surface area (Å²) in [5.41, 5.74) is 0.748. The quantitative estimate of drug-likeness (QED) is 0.765. The van der Waals surface area contributed by atoms with Crippen molar-refractivity contribution in [1.29, 1.82) is 0 Å². The summed E-state index contributed by atoms with van der Waals surface area (Å²) >= 11 is 0. The predicted octanol–water partition coefficient (Wildman–Crippen LogP) is 0.676. The Balaban J connectivity index is 2.16. The molecule has 1 fully saturated rings. The molecule has 5 heteroatoms. The molecule has 5 nitrogen and oxygen atoms in total. The lowest BCUT2D eigenvalue weighted by Gasteiger charge is -2.41. The third-order valence-electron chi connectivity index (χ3n) is 3.18. The first-order valence-electron chi connectivity index (χ1n) is 6.50. The molecule has 1 aromatic rings. The maximum atomic E-state index is 12.5. The number of carbonyl (C=O) groups excluding carboxylic acids is 1. The molecule has 1 N–H and O–H groups in total. The first-order chi connectivity index (χ1) is 9.54. The number of aliphatic hydroxyl groups excluding tert-OH is 1. The second kappa shape index (κ2) is 6.04. The molecule has 0 saturated carbocycles. The minimum absolute atomic E-state index is 0.0973. The summed E-state index contributed by atoms with van der Waals surface area (Å²) in [4.78, 5) is 18.4. The number of amides is 1. The van der Waals surface area contributed by atoms with Gasteiger partial charge in [0.05, 0.1) is 18.8 Å². The molecule has 1 aliphatic heterocycles. The molecule has 0 bridgehead atoms. The van der Waals surface area contributed by atoms with Gasteiger partial charge in [0.15, 0.2) is 0 Å². The Kier molecular flexibility index (Phi) is 4.38. The van der Waals surface area contributed by atoms with E-state index >= 15 is 0 Å². The molecule has 2 rings (SSSR count). The van der Waals surface area contributed by atoms with Gasteiger partial charge in [-0.25, -0.2) is 4.98 Å². The Morgan fingerprint density at radius 3 is 2.95 bits per heavy atom. The molecule has 1 amide bonds. The van der Waals surface area contributed by atoms with Gasteiger partial charge in [-0.05, 0) is 26.0 Å². The molecular formula is C15H18N2O3. The highest BCUT2D eigenvalue weighted by molar-refractivity contribution is 5.93. The number of pyridine rings is 1. The minimum atomic E-state index is -0.327. The molecule has 1 saturated heterocycles. The zero-order valence-corrected chi connectivity index (χ0v) is 11.7. The Hall–Kier alpha value is -1.90. The minimum Gasteiger partial charge on any atom is -0.384 e. The van der Waals surface area contributed by atoms with E-state index in [1.54, 1.807) is 23.2 Å². The van der Waals surface area contributed by atoms with Gasteiger partial charge in [0.1, 0.15) is 12.3 Å². The highest BCUT2D eigenvalue weighted by atomic mass is 16.5. The lowest BCUT2D eigenvalue weighted by atomic mass is 10.0. The van der Waals surface area contributed by atoms with Gasteiger partial charge in [-0.3, -0.25) is 4.79 Å². The molecule has 0 radical (unpaired) electrons. The molecule has 0 spiro atoms. The largest absolute Gasteiger partial charge is 0.384 e. The van der Waals surface area contributed by atoms with Gasteiger partial charge in [0.2, 0.25) is 0 Å². The van der Waals surface area contributed by atoms with Gasteiger partial charge >= 0.3 is 0 Å². The third kappa shape index (κ3) is 3.16. The Morgan fingerprint density at radius 2 is 2.35 bits per heavy atom. The smallest absolute Gasteiger partial charge is 0.273 e. The maximum absolute atomic E-state index is 12.5. The van der Waals surface area contributed by atoms with Crippen LogP contribution in [0.25, 0.3) is 0 Å². The summed E-state index contributed by atoms with van der Waals surface area (Å²) < 4.78 is 5.41. The van der Waals surface area contributed by atoms with Crippen LogP contribution in [-0.2, 0) is 4.74 Å². The van der Waals surface area contributed by atoms with Crippen molar-refractivity contribution in [3.05, 3.63) is 29.6 Å². The Labute approximate surface area is 118 Å². The number of hydrogen-bond acceptors (Lipinski definition) is 4. The zero-order valence-electron chi connectivity index (χ0n) is 11.7. The van der Waals surface area contributed by atoms with Gasteiger partial charge in [-0.2, -0.15) is 0 Å². The molecule has 106 valence electrons. The van der Waals surface area contributed by atoms with Crippen molar-refractivity contribution in [1.82, 2.24) is 9.88 Å². The van der Waals surface area contributed by atoms with E-state index in [4.69, 9.17) is 9.84 Å². The summed E-state index contributed by atoms with van der Waals surface area (Å²) in [6, 6.07) is 3.39. The third-order valence-corrected chi connectivity index (χ3v) is 3.18. The number of carbonyl (C=O) groups is 1. The van der Waals surface area contributed by atoms with Gasteiger partial charge in [0.25, 0.3) is 5.91 Å². The van der Waals surface area contributed by atoms with Crippen LogP contribution in [0.3, 0.4) is 0 Å². The van der Waals surface area contributed by atoms with Crippen LogP contribution in [0, 0.1) is 11.8 Å². The average Bonchev–Trinajstić information content (AvgIpc) is 2.44. The van der Waals surface area contributed by atoms with Crippen LogP contribution in [0.5, 0.6) is 0 Å². The molecule has 1 aromatic heterocycles. The van der Waals surface area contributed by atoms with Crippen LogP contribution in [0.2, 0.25) is 0 Å². The van der Waals surface area contributed by atoms with Gasteiger partial charge < -0.3 is 14.7 Å². The van der Waals surface area contributed by atoms with Crippen LogP contribution in [0.4, 0.5) is 0 Å². The van der Waals surface area contributed by atoms with E-state index in [1.165, 1.54) is 0 Å². The second-order valence-electron chi connectivity index (χ2n) is 5.21.